The summed E-state index contributed by atoms with van der Waals surface area (Å²) in [5.41, 5.74) is 11.5. The lowest BCUT2D eigenvalue weighted by atomic mass is 9.98. The molecule has 7 heteroatoms. The van der Waals surface area contributed by atoms with Gasteiger partial charge < -0.3 is 20.4 Å². The Morgan fingerprint density at radius 3 is 2.77 bits per heavy atom. The van der Waals surface area contributed by atoms with Crippen LogP contribution in [0.4, 0.5) is 11.6 Å². The van der Waals surface area contributed by atoms with Gasteiger partial charge in [0.25, 0.3) is 0 Å². The van der Waals surface area contributed by atoms with Gasteiger partial charge in [-0.1, -0.05) is 25.0 Å². The molecule has 7 nitrogen and oxygen atoms in total. The van der Waals surface area contributed by atoms with Crippen LogP contribution in [-0.2, 0) is 6.61 Å². The average Bonchev–Trinajstić information content (AvgIpc) is 3.56. The zero-order chi connectivity index (χ0) is 23.8. The van der Waals surface area contributed by atoms with Gasteiger partial charge in [-0.2, -0.15) is 0 Å². The second-order valence-corrected chi connectivity index (χ2v) is 9.15. The summed E-state index contributed by atoms with van der Waals surface area (Å²) >= 11 is 0. The molecule has 0 saturated heterocycles. The van der Waals surface area contributed by atoms with E-state index in [1.807, 2.05) is 31.3 Å². The van der Waals surface area contributed by atoms with Gasteiger partial charge >= 0.3 is 0 Å². The van der Waals surface area contributed by atoms with E-state index in [0.717, 1.165) is 44.8 Å². The first-order chi connectivity index (χ1) is 17.2. The Kier molecular flexibility index (Phi) is 5.45. The van der Waals surface area contributed by atoms with Gasteiger partial charge in [0.2, 0.25) is 0 Å². The number of nitrogens with one attached hydrogen (secondary N) is 1. The Morgan fingerprint density at radius 1 is 1.06 bits per heavy atom. The van der Waals surface area contributed by atoms with E-state index >= 15 is 0 Å². The maximum absolute atomic E-state index is 6.32. The molecule has 0 spiro atoms. The number of rotatable bonds is 6. The van der Waals surface area contributed by atoms with Crippen molar-refractivity contribution in [2.24, 2.45) is 0 Å². The number of benzene rings is 2. The first kappa shape index (κ1) is 21.4. The molecule has 5 aromatic rings. The van der Waals surface area contributed by atoms with Crippen molar-refractivity contribution in [1.29, 1.82) is 0 Å². The Bertz CT molecular complexity index is 1520. The van der Waals surface area contributed by atoms with E-state index in [2.05, 4.69) is 61.4 Å². The van der Waals surface area contributed by atoms with E-state index in [1.54, 1.807) is 6.33 Å². The number of ether oxygens (including phenoxy) is 1. The summed E-state index contributed by atoms with van der Waals surface area (Å²) in [4.78, 5) is 13.5. The predicted octanol–water partition coefficient (Wildman–Crippen LogP) is 5.83. The summed E-state index contributed by atoms with van der Waals surface area (Å²) in [6.45, 7) is 0.455. The lowest BCUT2D eigenvalue weighted by Gasteiger charge is -2.10. The zero-order valence-electron chi connectivity index (χ0n) is 19.7. The second kappa shape index (κ2) is 8.91. The molecule has 3 N–H and O–H groups in total. The Morgan fingerprint density at radius 2 is 1.91 bits per heavy atom. The monoisotopic (exact) mass is 464 g/mol. The number of nitrogens with two attached hydrogens (primary N) is 1. The summed E-state index contributed by atoms with van der Waals surface area (Å²) in [6, 6.07) is 18.4. The van der Waals surface area contributed by atoms with Crippen LogP contribution in [0.3, 0.4) is 0 Å². The minimum Gasteiger partial charge on any atom is -0.489 e. The average molecular weight is 465 g/mol. The molecule has 3 heterocycles. The number of hydrogen-bond donors (Lipinski definition) is 2. The maximum Gasteiger partial charge on any atom is 0.150 e. The van der Waals surface area contributed by atoms with Crippen molar-refractivity contribution in [3.8, 4) is 11.4 Å². The van der Waals surface area contributed by atoms with Crippen LogP contribution in [0, 0.1) is 0 Å². The van der Waals surface area contributed by atoms with Crippen LogP contribution < -0.4 is 15.8 Å². The van der Waals surface area contributed by atoms with Gasteiger partial charge in [-0.15, -0.1) is 0 Å². The van der Waals surface area contributed by atoms with Crippen LogP contribution >= 0.6 is 0 Å². The standard InChI is InChI=1S/C28H28N6O/c1-30-25-12-10-20-9-11-22(14-24(20)33-25)35-16-18-5-4-8-21(13-18)34-15-23(19-6-2-3-7-19)26-27(29)31-17-32-28(26)34/h4-5,8-15,17,19H,2-3,6-7,16H2,1H3,(H,30,33)(H2,29,31,32). The van der Waals surface area contributed by atoms with Crippen LogP contribution in [-0.4, -0.2) is 26.6 Å². The van der Waals surface area contributed by atoms with Gasteiger partial charge in [0.15, 0.2) is 0 Å². The highest BCUT2D eigenvalue weighted by Crippen LogP contribution is 2.40. The Balaban J connectivity index is 1.30. The highest BCUT2D eigenvalue weighted by Gasteiger charge is 2.24. The van der Waals surface area contributed by atoms with Crippen LogP contribution in [0.25, 0.3) is 27.6 Å². The molecule has 0 radical (unpaired) electrons. The summed E-state index contributed by atoms with van der Waals surface area (Å²) < 4.78 is 8.28. The van der Waals surface area contributed by atoms with E-state index in [0.29, 0.717) is 18.3 Å². The van der Waals surface area contributed by atoms with E-state index in [4.69, 9.17) is 10.5 Å². The van der Waals surface area contributed by atoms with Gasteiger partial charge in [0, 0.05) is 30.4 Å². The molecule has 1 aliphatic carbocycles. The number of aromatic nitrogens is 4. The predicted molar refractivity (Wildman–Crippen MR) is 140 cm³/mol. The van der Waals surface area contributed by atoms with Gasteiger partial charge in [0.1, 0.15) is 36.0 Å². The molecule has 0 unspecified atom stereocenters. The van der Waals surface area contributed by atoms with Crippen molar-refractivity contribution in [2.75, 3.05) is 18.1 Å². The van der Waals surface area contributed by atoms with Crippen molar-refractivity contribution in [1.82, 2.24) is 19.5 Å². The minimum atomic E-state index is 0.455. The highest BCUT2D eigenvalue weighted by atomic mass is 16.5. The molecule has 1 aliphatic rings. The molecule has 0 atom stereocenters. The largest absolute Gasteiger partial charge is 0.489 e. The third-order valence-corrected chi connectivity index (χ3v) is 6.95. The molecular formula is C28H28N6O. The molecule has 3 aromatic heterocycles. The van der Waals surface area contributed by atoms with Gasteiger partial charge in [-0.05, 0) is 66.3 Å². The quantitative estimate of drug-likeness (QED) is 0.329. The van der Waals surface area contributed by atoms with Gasteiger partial charge in [0.05, 0.1) is 10.9 Å². The Labute approximate surface area is 204 Å². The first-order valence-corrected chi connectivity index (χ1v) is 12.1. The van der Waals surface area contributed by atoms with Crippen molar-refractivity contribution in [3.05, 3.63) is 78.2 Å². The van der Waals surface area contributed by atoms with Crippen molar-refractivity contribution in [3.63, 3.8) is 0 Å². The lowest BCUT2D eigenvalue weighted by Crippen LogP contribution is -2.00. The fourth-order valence-corrected chi connectivity index (χ4v) is 5.15. The van der Waals surface area contributed by atoms with Crippen LogP contribution in [0.1, 0.15) is 42.7 Å². The van der Waals surface area contributed by atoms with Crippen LogP contribution in [0.15, 0.2) is 67.1 Å². The van der Waals surface area contributed by atoms with Gasteiger partial charge in [-0.3, -0.25) is 0 Å². The summed E-state index contributed by atoms with van der Waals surface area (Å²) in [5.74, 6) is 2.70. The number of hydrogen-bond acceptors (Lipinski definition) is 6. The molecule has 1 fully saturated rings. The summed E-state index contributed by atoms with van der Waals surface area (Å²) in [5, 5.41) is 5.15. The third kappa shape index (κ3) is 4.03. The fraction of sp³-hybridized carbons (Fsp3) is 0.250. The SMILES string of the molecule is CNc1ccc2ccc(OCc3cccc(-n4cc(C5CCCC5)c5c(N)ncnc54)c3)cc2n1. The molecular weight excluding hydrogens is 436 g/mol. The number of nitrogen functional groups attached to an aromatic ring is 1. The normalized spacial score (nSPS) is 14.1. The smallest absolute Gasteiger partial charge is 0.150 e. The molecule has 35 heavy (non-hydrogen) atoms. The summed E-state index contributed by atoms with van der Waals surface area (Å²) in [7, 11) is 1.87. The number of anilines is 2. The summed E-state index contributed by atoms with van der Waals surface area (Å²) in [6.07, 6.45) is 8.67. The maximum atomic E-state index is 6.32. The number of nitrogens with zero attached hydrogens (tertiary/aromatic N) is 4. The molecule has 176 valence electrons. The highest BCUT2D eigenvalue weighted by molar-refractivity contribution is 5.91. The minimum absolute atomic E-state index is 0.455. The lowest BCUT2D eigenvalue weighted by molar-refractivity contribution is 0.306. The number of pyridine rings is 1. The van der Waals surface area contributed by atoms with Gasteiger partial charge in [-0.25, -0.2) is 15.0 Å². The Hall–Kier alpha value is -4.13. The fourth-order valence-electron chi connectivity index (χ4n) is 5.15. The molecule has 0 aliphatic heterocycles. The van der Waals surface area contributed by atoms with E-state index in [-0.39, 0.29) is 0 Å². The molecule has 1 saturated carbocycles. The first-order valence-electron chi connectivity index (χ1n) is 12.1. The molecule has 0 bridgehead atoms. The van der Waals surface area contributed by atoms with Crippen molar-refractivity contribution >= 4 is 33.6 Å². The van der Waals surface area contributed by atoms with Crippen molar-refractivity contribution in [2.45, 2.75) is 38.2 Å². The molecule has 6 rings (SSSR count). The number of fused-ring (bicyclic) bond motifs is 2. The third-order valence-electron chi connectivity index (χ3n) is 6.95. The van der Waals surface area contributed by atoms with E-state index in [9.17, 15) is 0 Å². The van der Waals surface area contributed by atoms with Crippen LogP contribution in [0.2, 0.25) is 0 Å². The topological polar surface area (TPSA) is 90.9 Å². The zero-order valence-corrected chi connectivity index (χ0v) is 19.7. The second-order valence-electron chi connectivity index (χ2n) is 9.15. The van der Waals surface area contributed by atoms with Crippen molar-refractivity contribution < 1.29 is 4.74 Å². The van der Waals surface area contributed by atoms with E-state index < -0.39 is 0 Å². The molecule has 2 aromatic carbocycles. The molecule has 0 amide bonds. The van der Waals surface area contributed by atoms with E-state index in [1.165, 1.54) is 31.2 Å². The van der Waals surface area contributed by atoms with Crippen LogP contribution in [0.5, 0.6) is 5.75 Å².